The standard InChI is InChI=1S/C12H22O3/c1-4-5-6-7-8-11(13)15-12(14)9-10(2)3/h9,11,13H,4-8H2,1-3H3. The number of hydrogen-bond donors (Lipinski definition) is 1. The highest BCUT2D eigenvalue weighted by Crippen LogP contribution is 2.07. The van der Waals surface area contributed by atoms with Crippen LogP contribution in [0.5, 0.6) is 0 Å². The molecule has 0 aliphatic rings. The van der Waals surface area contributed by atoms with Crippen LogP contribution in [0.2, 0.25) is 0 Å². The van der Waals surface area contributed by atoms with Crippen molar-refractivity contribution >= 4 is 5.97 Å². The Morgan fingerprint density at radius 2 is 2.00 bits per heavy atom. The Morgan fingerprint density at radius 1 is 1.33 bits per heavy atom. The average Bonchev–Trinajstić information content (AvgIpc) is 2.10. The molecule has 0 aliphatic heterocycles. The summed E-state index contributed by atoms with van der Waals surface area (Å²) in [7, 11) is 0. The molecule has 0 spiro atoms. The van der Waals surface area contributed by atoms with Crippen molar-refractivity contribution in [3.8, 4) is 0 Å². The van der Waals surface area contributed by atoms with Crippen LogP contribution in [-0.2, 0) is 9.53 Å². The SMILES string of the molecule is CCCCCCC(O)OC(=O)C=C(C)C. The third-order valence-electron chi connectivity index (χ3n) is 1.96. The maximum Gasteiger partial charge on any atom is 0.332 e. The van der Waals surface area contributed by atoms with Crippen molar-refractivity contribution in [2.24, 2.45) is 0 Å². The van der Waals surface area contributed by atoms with Gasteiger partial charge in [-0.25, -0.2) is 4.79 Å². The van der Waals surface area contributed by atoms with Crippen molar-refractivity contribution in [2.75, 3.05) is 0 Å². The number of hydrogen-bond acceptors (Lipinski definition) is 3. The molecule has 3 heteroatoms. The Morgan fingerprint density at radius 3 is 2.53 bits per heavy atom. The second kappa shape index (κ2) is 8.48. The fourth-order valence-corrected chi connectivity index (χ4v) is 1.21. The van der Waals surface area contributed by atoms with Gasteiger partial charge in [0.25, 0.3) is 0 Å². The van der Waals surface area contributed by atoms with Crippen molar-refractivity contribution < 1.29 is 14.6 Å². The van der Waals surface area contributed by atoms with E-state index in [2.05, 4.69) is 6.92 Å². The number of carbonyl (C=O) groups is 1. The van der Waals surface area contributed by atoms with E-state index in [4.69, 9.17) is 4.74 Å². The minimum absolute atomic E-state index is 0.460. The van der Waals surface area contributed by atoms with E-state index in [1.807, 2.05) is 13.8 Å². The monoisotopic (exact) mass is 214 g/mol. The summed E-state index contributed by atoms with van der Waals surface area (Å²) in [4.78, 5) is 11.1. The number of rotatable bonds is 7. The Kier molecular flexibility index (Phi) is 8.01. The van der Waals surface area contributed by atoms with Crippen molar-refractivity contribution in [1.29, 1.82) is 0 Å². The van der Waals surface area contributed by atoms with Crippen molar-refractivity contribution in [2.45, 2.75) is 59.2 Å². The van der Waals surface area contributed by atoms with Gasteiger partial charge in [0, 0.05) is 12.5 Å². The highest BCUT2D eigenvalue weighted by molar-refractivity contribution is 5.82. The molecule has 0 fully saturated rings. The lowest BCUT2D eigenvalue weighted by atomic mass is 10.1. The van der Waals surface area contributed by atoms with E-state index in [1.165, 1.54) is 6.08 Å². The summed E-state index contributed by atoms with van der Waals surface area (Å²) in [5.41, 5.74) is 0.873. The molecule has 88 valence electrons. The molecule has 1 atom stereocenters. The van der Waals surface area contributed by atoms with E-state index < -0.39 is 12.3 Å². The first-order valence-electron chi connectivity index (χ1n) is 5.59. The minimum atomic E-state index is -0.954. The van der Waals surface area contributed by atoms with E-state index in [0.29, 0.717) is 6.42 Å². The zero-order valence-corrected chi connectivity index (χ0v) is 9.95. The summed E-state index contributed by atoms with van der Waals surface area (Å²) < 4.78 is 4.78. The van der Waals surface area contributed by atoms with Crippen LogP contribution in [0, 0.1) is 0 Å². The number of aliphatic hydroxyl groups is 1. The molecule has 1 N–H and O–H groups in total. The second-order valence-electron chi connectivity index (χ2n) is 3.96. The molecule has 0 saturated heterocycles. The maximum atomic E-state index is 11.1. The van der Waals surface area contributed by atoms with Gasteiger partial charge in [0.05, 0.1) is 0 Å². The first-order valence-corrected chi connectivity index (χ1v) is 5.59. The fraction of sp³-hybridized carbons (Fsp3) is 0.750. The van der Waals surface area contributed by atoms with E-state index >= 15 is 0 Å². The molecular weight excluding hydrogens is 192 g/mol. The van der Waals surface area contributed by atoms with Gasteiger partial charge in [0.15, 0.2) is 0 Å². The molecule has 0 aromatic carbocycles. The van der Waals surface area contributed by atoms with Crippen LogP contribution in [0.3, 0.4) is 0 Å². The van der Waals surface area contributed by atoms with Crippen LogP contribution in [0.4, 0.5) is 0 Å². The third-order valence-corrected chi connectivity index (χ3v) is 1.96. The summed E-state index contributed by atoms with van der Waals surface area (Å²) in [6.07, 6.45) is 5.26. The van der Waals surface area contributed by atoms with Gasteiger partial charge < -0.3 is 9.84 Å². The maximum absolute atomic E-state index is 11.1. The normalized spacial score (nSPS) is 12.0. The van der Waals surface area contributed by atoms with E-state index in [1.54, 1.807) is 0 Å². The van der Waals surface area contributed by atoms with E-state index in [9.17, 15) is 9.90 Å². The number of aliphatic hydroxyl groups excluding tert-OH is 1. The predicted molar refractivity (Wildman–Crippen MR) is 60.3 cm³/mol. The highest BCUT2D eigenvalue weighted by Gasteiger charge is 2.07. The summed E-state index contributed by atoms with van der Waals surface area (Å²) in [5.74, 6) is -0.460. The zero-order valence-electron chi connectivity index (χ0n) is 9.95. The summed E-state index contributed by atoms with van der Waals surface area (Å²) in [6.45, 7) is 5.76. The number of carbonyl (C=O) groups excluding carboxylic acids is 1. The molecule has 3 nitrogen and oxygen atoms in total. The van der Waals surface area contributed by atoms with Gasteiger partial charge >= 0.3 is 5.97 Å². The van der Waals surface area contributed by atoms with Gasteiger partial charge in [0.1, 0.15) is 0 Å². The summed E-state index contributed by atoms with van der Waals surface area (Å²) >= 11 is 0. The third kappa shape index (κ3) is 9.47. The topological polar surface area (TPSA) is 46.5 Å². The van der Waals surface area contributed by atoms with Crippen LogP contribution in [0.15, 0.2) is 11.6 Å². The minimum Gasteiger partial charge on any atom is -0.433 e. The Hall–Kier alpha value is -0.830. The first-order chi connectivity index (χ1) is 7.06. The molecule has 0 radical (unpaired) electrons. The van der Waals surface area contributed by atoms with Crippen LogP contribution in [0.1, 0.15) is 52.9 Å². The number of unbranched alkanes of at least 4 members (excludes halogenated alkanes) is 3. The van der Waals surface area contributed by atoms with Crippen LogP contribution < -0.4 is 0 Å². The van der Waals surface area contributed by atoms with Gasteiger partial charge in [0.2, 0.25) is 6.29 Å². The molecule has 0 saturated carbocycles. The van der Waals surface area contributed by atoms with Crippen LogP contribution >= 0.6 is 0 Å². The molecule has 0 aromatic rings. The van der Waals surface area contributed by atoms with Gasteiger partial charge in [-0.05, 0) is 20.3 Å². The van der Waals surface area contributed by atoms with Gasteiger partial charge in [-0.1, -0.05) is 31.8 Å². The van der Waals surface area contributed by atoms with Gasteiger partial charge in [-0.3, -0.25) is 0 Å². The molecule has 1 unspecified atom stereocenters. The lowest BCUT2D eigenvalue weighted by molar-refractivity contribution is -0.162. The molecule has 15 heavy (non-hydrogen) atoms. The molecule has 0 bridgehead atoms. The van der Waals surface area contributed by atoms with Crippen molar-refractivity contribution in [1.82, 2.24) is 0 Å². The lowest BCUT2D eigenvalue weighted by Crippen LogP contribution is -2.16. The van der Waals surface area contributed by atoms with Crippen molar-refractivity contribution in [3.63, 3.8) is 0 Å². The van der Waals surface area contributed by atoms with Crippen LogP contribution in [0.25, 0.3) is 0 Å². The average molecular weight is 214 g/mol. The first kappa shape index (κ1) is 14.2. The van der Waals surface area contributed by atoms with Gasteiger partial charge in [-0.2, -0.15) is 0 Å². The highest BCUT2D eigenvalue weighted by atomic mass is 16.6. The zero-order chi connectivity index (χ0) is 11.7. The number of esters is 1. The Labute approximate surface area is 92.1 Å². The molecular formula is C12H22O3. The molecule has 0 aromatic heterocycles. The van der Waals surface area contributed by atoms with Crippen LogP contribution in [-0.4, -0.2) is 17.4 Å². The predicted octanol–water partition coefficient (Wildman–Crippen LogP) is 2.78. The second-order valence-corrected chi connectivity index (χ2v) is 3.96. The Bertz CT molecular complexity index is 205. The smallest absolute Gasteiger partial charge is 0.332 e. The molecule has 0 rings (SSSR count). The summed E-state index contributed by atoms with van der Waals surface area (Å²) in [6, 6.07) is 0. The van der Waals surface area contributed by atoms with Gasteiger partial charge in [-0.15, -0.1) is 0 Å². The fourth-order valence-electron chi connectivity index (χ4n) is 1.21. The van der Waals surface area contributed by atoms with E-state index in [0.717, 1.165) is 31.3 Å². The molecule has 0 amide bonds. The molecule has 0 heterocycles. The quantitative estimate of drug-likeness (QED) is 0.307. The number of allylic oxidation sites excluding steroid dienone is 1. The van der Waals surface area contributed by atoms with Crippen molar-refractivity contribution in [3.05, 3.63) is 11.6 Å². The van der Waals surface area contributed by atoms with E-state index in [-0.39, 0.29) is 0 Å². The largest absolute Gasteiger partial charge is 0.433 e. The summed E-state index contributed by atoms with van der Waals surface area (Å²) in [5, 5.41) is 9.36. The molecule has 0 aliphatic carbocycles. The number of ether oxygens (including phenoxy) is 1. The Balaban J connectivity index is 3.60. The lowest BCUT2D eigenvalue weighted by Gasteiger charge is -2.10.